The van der Waals surface area contributed by atoms with Crippen LogP contribution in [0.15, 0.2) is 42.2 Å². The highest BCUT2D eigenvalue weighted by Crippen LogP contribution is 2.34. The third kappa shape index (κ3) is 8.15. The SMILES string of the molecule is C=C(C)Oc1ccc([C@@H]2C/C=C(/C)CC(N)C[C@H](C)[C@H](O)[C@@H](C)C(=O)C(C)(C)[C@@H](O)CC(=O)O2)cc1N. The maximum Gasteiger partial charge on any atom is 0.309 e. The van der Waals surface area contributed by atoms with E-state index in [1.54, 1.807) is 45.9 Å². The van der Waals surface area contributed by atoms with Crippen molar-refractivity contribution >= 4 is 17.4 Å². The molecule has 6 atom stereocenters. The summed E-state index contributed by atoms with van der Waals surface area (Å²) in [6.07, 6.45) is 0.238. The maximum atomic E-state index is 13.3. The fourth-order valence-electron chi connectivity index (χ4n) is 4.82. The standard InChI is InChI=1S/C29H44N2O6/c1-16(2)36-24-11-9-20(14-22(24)31)23-10-8-17(3)12-21(30)13-18(4)27(34)19(5)28(35)29(6,7)25(32)15-26(33)37-23/h8-9,11,14,18-19,21,23,25,27,32,34H,1,10,12-13,15,30-31H2,2-7H3/b17-8-/t18-,19+,21?,23-,25-,27-/m0/s1. The van der Waals surface area contributed by atoms with Crippen molar-refractivity contribution in [2.45, 2.75) is 91.6 Å². The molecule has 0 radical (unpaired) electrons. The number of hydrogen-bond acceptors (Lipinski definition) is 8. The van der Waals surface area contributed by atoms with Gasteiger partial charge in [-0.15, -0.1) is 0 Å². The lowest BCUT2D eigenvalue weighted by molar-refractivity contribution is -0.155. The number of cyclic esters (lactones) is 1. The number of nitrogens with two attached hydrogens (primary N) is 2. The van der Waals surface area contributed by atoms with Gasteiger partial charge >= 0.3 is 5.97 Å². The van der Waals surface area contributed by atoms with Crippen LogP contribution < -0.4 is 16.2 Å². The Bertz CT molecular complexity index is 1020. The average Bonchev–Trinajstić information content (AvgIpc) is 2.80. The molecule has 0 aromatic heterocycles. The van der Waals surface area contributed by atoms with Crippen molar-refractivity contribution in [2.24, 2.45) is 23.0 Å². The number of Topliss-reactive ketones (excluding diaryl/α,β-unsaturated/α-hetero) is 1. The number of nitrogen functional groups attached to an aromatic ring is 1. The Hall–Kier alpha value is -2.68. The van der Waals surface area contributed by atoms with Crippen LogP contribution in [-0.4, -0.2) is 40.2 Å². The highest BCUT2D eigenvalue weighted by Gasteiger charge is 2.42. The quantitative estimate of drug-likeness (QED) is 0.202. The molecule has 0 amide bonds. The van der Waals surface area contributed by atoms with E-state index in [9.17, 15) is 19.8 Å². The molecule has 0 bridgehead atoms. The first-order chi connectivity index (χ1) is 17.1. The molecule has 0 spiro atoms. The zero-order valence-electron chi connectivity index (χ0n) is 23.0. The number of rotatable bonds is 3. The van der Waals surface area contributed by atoms with Gasteiger partial charge in [0.05, 0.1) is 35.5 Å². The predicted molar refractivity (Wildman–Crippen MR) is 144 cm³/mol. The normalized spacial score (nSPS) is 31.6. The van der Waals surface area contributed by atoms with Gasteiger partial charge in [-0.2, -0.15) is 0 Å². The molecule has 1 heterocycles. The summed E-state index contributed by atoms with van der Waals surface area (Å²) in [7, 11) is 0. The number of benzene rings is 1. The van der Waals surface area contributed by atoms with Crippen molar-refractivity contribution in [3.8, 4) is 5.75 Å². The van der Waals surface area contributed by atoms with Gasteiger partial charge in [0.1, 0.15) is 17.6 Å². The zero-order valence-corrected chi connectivity index (χ0v) is 23.0. The summed E-state index contributed by atoms with van der Waals surface area (Å²) in [6.45, 7) is 14.1. The largest absolute Gasteiger partial charge is 0.460 e. The highest BCUT2D eigenvalue weighted by molar-refractivity contribution is 5.88. The molecule has 0 aliphatic carbocycles. The van der Waals surface area contributed by atoms with E-state index in [4.69, 9.17) is 20.9 Å². The van der Waals surface area contributed by atoms with Crippen LogP contribution in [0.25, 0.3) is 0 Å². The van der Waals surface area contributed by atoms with Crippen LogP contribution in [0.5, 0.6) is 5.75 Å². The molecule has 1 aliphatic rings. The topological polar surface area (TPSA) is 145 Å². The molecule has 8 nitrogen and oxygen atoms in total. The Balaban J connectivity index is 2.42. The number of allylic oxidation sites excluding steroid dienone is 1. The van der Waals surface area contributed by atoms with E-state index >= 15 is 0 Å². The van der Waals surface area contributed by atoms with Crippen molar-refractivity contribution in [3.63, 3.8) is 0 Å². The van der Waals surface area contributed by atoms with E-state index in [1.807, 2.05) is 19.9 Å². The van der Waals surface area contributed by atoms with Gasteiger partial charge in [0.2, 0.25) is 0 Å². The van der Waals surface area contributed by atoms with Crippen molar-refractivity contribution in [3.05, 3.63) is 47.7 Å². The van der Waals surface area contributed by atoms with Gasteiger partial charge in [0.15, 0.2) is 0 Å². The first-order valence-corrected chi connectivity index (χ1v) is 12.9. The number of ether oxygens (including phenoxy) is 2. The van der Waals surface area contributed by atoms with Gasteiger partial charge in [0.25, 0.3) is 0 Å². The summed E-state index contributed by atoms with van der Waals surface area (Å²) in [5.74, 6) is -0.967. The lowest BCUT2D eigenvalue weighted by Crippen LogP contribution is -2.46. The van der Waals surface area contributed by atoms with Crippen LogP contribution in [0, 0.1) is 17.3 Å². The van der Waals surface area contributed by atoms with Gasteiger partial charge in [-0.25, -0.2) is 0 Å². The van der Waals surface area contributed by atoms with Crippen LogP contribution >= 0.6 is 0 Å². The third-order valence-corrected chi connectivity index (χ3v) is 7.24. The second kappa shape index (κ2) is 12.7. The van der Waals surface area contributed by atoms with E-state index in [2.05, 4.69) is 6.58 Å². The Morgan fingerprint density at radius 2 is 1.84 bits per heavy atom. The van der Waals surface area contributed by atoms with Crippen molar-refractivity contribution in [1.82, 2.24) is 0 Å². The summed E-state index contributed by atoms with van der Waals surface area (Å²) in [6, 6.07) is 4.94. The molecule has 1 unspecified atom stereocenters. The predicted octanol–water partition coefficient (Wildman–Crippen LogP) is 4.20. The minimum atomic E-state index is -1.29. The summed E-state index contributed by atoms with van der Waals surface area (Å²) >= 11 is 0. The van der Waals surface area contributed by atoms with Crippen molar-refractivity contribution in [1.29, 1.82) is 0 Å². The Morgan fingerprint density at radius 1 is 1.19 bits per heavy atom. The Kier molecular flexibility index (Phi) is 10.5. The van der Waals surface area contributed by atoms with Crippen LogP contribution in [0.2, 0.25) is 0 Å². The minimum Gasteiger partial charge on any atom is -0.460 e. The lowest BCUT2D eigenvalue weighted by Gasteiger charge is -2.35. The number of anilines is 1. The number of carbonyl (C=O) groups is 2. The fourth-order valence-corrected chi connectivity index (χ4v) is 4.82. The molecule has 37 heavy (non-hydrogen) atoms. The second-order valence-electron chi connectivity index (χ2n) is 11.1. The van der Waals surface area contributed by atoms with Gasteiger partial charge in [-0.05, 0) is 50.3 Å². The van der Waals surface area contributed by atoms with Crippen molar-refractivity contribution < 1.29 is 29.3 Å². The first kappa shape index (κ1) is 30.5. The summed E-state index contributed by atoms with van der Waals surface area (Å²) in [4.78, 5) is 26.2. The molecule has 8 heteroatoms. The van der Waals surface area contributed by atoms with Crippen LogP contribution in [-0.2, 0) is 14.3 Å². The van der Waals surface area contributed by atoms with Gasteiger partial charge in [-0.1, -0.05) is 52.0 Å². The molecule has 1 aliphatic heterocycles. The van der Waals surface area contributed by atoms with Gasteiger partial charge < -0.3 is 31.2 Å². The molecule has 0 saturated carbocycles. The average molecular weight is 517 g/mol. The van der Waals surface area contributed by atoms with Crippen LogP contribution in [0.1, 0.15) is 78.9 Å². The third-order valence-electron chi connectivity index (χ3n) is 7.24. The highest BCUT2D eigenvalue weighted by atomic mass is 16.5. The van der Waals surface area contributed by atoms with Gasteiger partial charge in [-0.3, -0.25) is 9.59 Å². The molecule has 2 rings (SSSR count). The van der Waals surface area contributed by atoms with Gasteiger partial charge in [0, 0.05) is 18.4 Å². The molecule has 1 aromatic carbocycles. The second-order valence-corrected chi connectivity index (χ2v) is 11.1. The molecule has 1 aromatic rings. The lowest BCUT2D eigenvalue weighted by atomic mass is 9.72. The van der Waals surface area contributed by atoms with E-state index in [-0.39, 0.29) is 24.2 Å². The minimum absolute atomic E-state index is 0.218. The fraction of sp³-hybridized carbons (Fsp3) is 0.586. The monoisotopic (exact) mass is 516 g/mol. The number of hydrogen-bond donors (Lipinski definition) is 4. The van der Waals surface area contributed by atoms with E-state index in [0.29, 0.717) is 42.0 Å². The summed E-state index contributed by atoms with van der Waals surface area (Å²) in [5, 5.41) is 21.7. The van der Waals surface area contributed by atoms with Crippen LogP contribution in [0.4, 0.5) is 5.69 Å². The van der Waals surface area contributed by atoms with Crippen molar-refractivity contribution in [2.75, 3.05) is 5.73 Å². The number of esters is 1. The van der Waals surface area contributed by atoms with Crippen LogP contribution in [0.3, 0.4) is 0 Å². The zero-order chi connectivity index (χ0) is 28.1. The molecular weight excluding hydrogens is 472 g/mol. The maximum absolute atomic E-state index is 13.3. The molecule has 206 valence electrons. The Morgan fingerprint density at radius 3 is 2.43 bits per heavy atom. The smallest absolute Gasteiger partial charge is 0.309 e. The number of ketones is 1. The molecule has 0 fully saturated rings. The summed E-state index contributed by atoms with van der Waals surface area (Å²) in [5.41, 5.74) is 13.3. The number of aliphatic hydroxyl groups excluding tert-OH is 2. The molecular formula is C29H44N2O6. The first-order valence-electron chi connectivity index (χ1n) is 12.9. The van der Waals surface area contributed by atoms with E-state index < -0.39 is 35.6 Å². The van der Waals surface area contributed by atoms with E-state index in [1.165, 1.54) is 0 Å². The Labute approximate surface area is 220 Å². The number of aliphatic hydroxyl groups is 2. The molecule has 6 N–H and O–H groups in total. The van der Waals surface area contributed by atoms with E-state index in [0.717, 1.165) is 5.57 Å². The summed E-state index contributed by atoms with van der Waals surface area (Å²) < 4.78 is 11.3. The molecule has 0 saturated heterocycles. The number of carbonyl (C=O) groups excluding carboxylic acids is 2.